The van der Waals surface area contributed by atoms with Gasteiger partial charge in [0.05, 0.1) is 0 Å². The van der Waals surface area contributed by atoms with Crippen LogP contribution in [0.15, 0.2) is 0 Å². The third-order valence-electron chi connectivity index (χ3n) is 7.83. The van der Waals surface area contributed by atoms with Crippen LogP contribution < -0.4 is 5.32 Å². The zero-order chi connectivity index (χ0) is 21.4. The monoisotopic (exact) mass is 406 g/mol. The maximum absolute atomic E-state index is 12.3. The lowest BCUT2D eigenvalue weighted by Crippen LogP contribution is -2.51. The van der Waals surface area contributed by atoms with Crippen molar-refractivity contribution in [1.82, 2.24) is 10.2 Å². The standard InChI is InChI=1S/C15H27NO2.C10H19N/c1-11-6-7-12(15(5)8-9-15)16(10-11)13(17)18-14(2,3)4;1-8-3-4-9(11-7-8)10(2)5-6-10/h11-12H,6-10H2,1-5H3;8-9,11H,3-7H2,1-2H3. The molecule has 29 heavy (non-hydrogen) atoms. The summed E-state index contributed by atoms with van der Waals surface area (Å²) in [6.45, 7) is 17.2. The van der Waals surface area contributed by atoms with Crippen molar-refractivity contribution in [1.29, 1.82) is 0 Å². The fourth-order valence-electron chi connectivity index (χ4n) is 5.07. The zero-order valence-electron chi connectivity index (χ0n) is 20.1. The molecule has 0 spiro atoms. The predicted molar refractivity (Wildman–Crippen MR) is 120 cm³/mol. The lowest BCUT2D eigenvalue weighted by Gasteiger charge is -2.42. The van der Waals surface area contributed by atoms with Gasteiger partial charge in [-0.2, -0.15) is 0 Å². The first-order valence-corrected chi connectivity index (χ1v) is 12.1. The van der Waals surface area contributed by atoms with Crippen LogP contribution in [0.25, 0.3) is 0 Å². The van der Waals surface area contributed by atoms with Crippen LogP contribution in [-0.2, 0) is 4.74 Å². The van der Waals surface area contributed by atoms with E-state index in [9.17, 15) is 4.79 Å². The van der Waals surface area contributed by atoms with Crippen molar-refractivity contribution in [3.05, 3.63) is 0 Å². The average molecular weight is 407 g/mol. The Morgan fingerprint density at radius 1 is 0.931 bits per heavy atom. The van der Waals surface area contributed by atoms with Crippen molar-refractivity contribution in [3.8, 4) is 0 Å². The maximum atomic E-state index is 12.3. The van der Waals surface area contributed by atoms with E-state index >= 15 is 0 Å². The minimum atomic E-state index is -0.396. The normalized spacial score (nSPS) is 35.2. The highest BCUT2D eigenvalue weighted by Gasteiger charge is 2.50. The van der Waals surface area contributed by atoms with E-state index in [-0.39, 0.29) is 6.09 Å². The Labute approximate surface area is 179 Å². The van der Waals surface area contributed by atoms with Gasteiger partial charge in [-0.3, -0.25) is 0 Å². The first-order chi connectivity index (χ1) is 13.4. The SMILES string of the molecule is CC1CCC(C2(C)CC2)N(C(=O)OC(C)(C)C)C1.CC1CCC(C2(C)CC2)NC1. The first kappa shape index (κ1) is 22.9. The Bertz CT molecular complexity index is 566. The third-order valence-corrected chi connectivity index (χ3v) is 7.83. The number of amides is 1. The van der Waals surface area contributed by atoms with Crippen LogP contribution in [0, 0.1) is 22.7 Å². The topological polar surface area (TPSA) is 41.6 Å². The summed E-state index contributed by atoms with van der Waals surface area (Å²) in [6.07, 6.45) is 10.5. The summed E-state index contributed by atoms with van der Waals surface area (Å²) in [5.74, 6) is 1.50. The third kappa shape index (κ3) is 6.12. The molecule has 4 rings (SSSR count). The van der Waals surface area contributed by atoms with E-state index in [0.717, 1.165) is 24.9 Å². The number of nitrogens with one attached hydrogen (secondary N) is 1. The molecule has 1 N–H and O–H groups in total. The predicted octanol–water partition coefficient (Wildman–Crippen LogP) is 6.00. The van der Waals surface area contributed by atoms with Crippen molar-refractivity contribution in [2.75, 3.05) is 13.1 Å². The maximum Gasteiger partial charge on any atom is 0.410 e. The summed E-state index contributed by atoms with van der Waals surface area (Å²) >= 11 is 0. The Morgan fingerprint density at radius 3 is 2.00 bits per heavy atom. The second kappa shape index (κ2) is 8.40. The van der Waals surface area contributed by atoms with Gasteiger partial charge in [-0.15, -0.1) is 0 Å². The quantitative estimate of drug-likeness (QED) is 0.612. The molecule has 0 aromatic heterocycles. The van der Waals surface area contributed by atoms with Gasteiger partial charge >= 0.3 is 6.09 Å². The molecule has 2 saturated carbocycles. The van der Waals surface area contributed by atoms with Crippen LogP contribution >= 0.6 is 0 Å². The molecular formula is C25H46N2O2. The smallest absolute Gasteiger partial charge is 0.410 e. The molecule has 4 unspecified atom stereocenters. The number of hydrogen-bond acceptors (Lipinski definition) is 3. The van der Waals surface area contributed by atoms with Crippen molar-refractivity contribution >= 4 is 6.09 Å². The number of carbonyl (C=O) groups excluding carboxylic acids is 1. The van der Waals surface area contributed by atoms with Crippen molar-refractivity contribution in [2.45, 2.75) is 118 Å². The summed E-state index contributed by atoms with van der Waals surface area (Å²) < 4.78 is 5.57. The molecule has 4 atom stereocenters. The van der Waals surface area contributed by atoms with Gasteiger partial charge < -0.3 is 15.0 Å². The molecule has 0 aromatic carbocycles. The van der Waals surface area contributed by atoms with Crippen molar-refractivity contribution < 1.29 is 9.53 Å². The summed E-state index contributed by atoms with van der Waals surface area (Å²) in [7, 11) is 0. The van der Waals surface area contributed by atoms with Crippen molar-refractivity contribution in [2.24, 2.45) is 22.7 Å². The van der Waals surface area contributed by atoms with Crippen LogP contribution in [0.4, 0.5) is 4.79 Å². The number of carbonyl (C=O) groups is 1. The Kier molecular flexibility index (Phi) is 6.63. The number of hydrogen-bond donors (Lipinski definition) is 1. The molecule has 2 heterocycles. The molecule has 1 amide bonds. The average Bonchev–Trinajstić information content (AvgIpc) is 3.54. The molecule has 0 radical (unpaired) electrons. The number of nitrogens with zero attached hydrogens (tertiary/aromatic N) is 1. The van der Waals surface area contributed by atoms with Gasteiger partial charge in [0.25, 0.3) is 0 Å². The minimum absolute atomic E-state index is 0.118. The fourth-order valence-corrected chi connectivity index (χ4v) is 5.07. The van der Waals surface area contributed by atoms with Crippen LogP contribution in [0.5, 0.6) is 0 Å². The Hall–Kier alpha value is -0.770. The van der Waals surface area contributed by atoms with Crippen molar-refractivity contribution in [3.63, 3.8) is 0 Å². The molecule has 2 aliphatic carbocycles. The minimum Gasteiger partial charge on any atom is -0.444 e. The number of likely N-dealkylation sites (tertiary alicyclic amines) is 1. The van der Waals surface area contributed by atoms with Crippen LogP contribution in [-0.4, -0.2) is 41.8 Å². The second-order valence-corrected chi connectivity index (χ2v) is 12.3. The van der Waals surface area contributed by atoms with E-state index in [1.54, 1.807) is 0 Å². The Balaban J connectivity index is 0.000000186. The zero-order valence-corrected chi connectivity index (χ0v) is 20.1. The summed E-state index contributed by atoms with van der Waals surface area (Å²) in [5.41, 5.74) is 0.657. The van der Waals surface area contributed by atoms with Gasteiger partial charge in [-0.25, -0.2) is 4.79 Å². The molecule has 4 nitrogen and oxygen atoms in total. The number of ether oxygens (including phenoxy) is 1. The highest BCUT2D eigenvalue weighted by atomic mass is 16.6. The summed E-state index contributed by atoms with van der Waals surface area (Å²) in [4.78, 5) is 14.4. The second-order valence-electron chi connectivity index (χ2n) is 12.3. The van der Waals surface area contributed by atoms with E-state index in [4.69, 9.17) is 4.74 Å². The van der Waals surface area contributed by atoms with E-state index in [1.165, 1.54) is 51.5 Å². The van der Waals surface area contributed by atoms with Gasteiger partial charge in [-0.1, -0.05) is 27.7 Å². The van der Waals surface area contributed by atoms with Gasteiger partial charge in [0.15, 0.2) is 0 Å². The van der Waals surface area contributed by atoms with Gasteiger partial charge in [-0.05, 0) is 101 Å². The highest BCUT2D eigenvalue weighted by molar-refractivity contribution is 5.69. The van der Waals surface area contributed by atoms with E-state index in [1.807, 2.05) is 25.7 Å². The van der Waals surface area contributed by atoms with Crippen LogP contribution in [0.3, 0.4) is 0 Å². The number of piperidine rings is 2. The summed E-state index contributed by atoms with van der Waals surface area (Å²) in [6, 6.07) is 1.24. The fraction of sp³-hybridized carbons (Fsp3) is 0.960. The lowest BCUT2D eigenvalue weighted by atomic mass is 9.85. The molecule has 4 fully saturated rings. The molecule has 4 heteroatoms. The van der Waals surface area contributed by atoms with Gasteiger partial charge in [0.2, 0.25) is 0 Å². The molecule has 2 saturated heterocycles. The van der Waals surface area contributed by atoms with Gasteiger partial charge in [0, 0.05) is 18.6 Å². The van der Waals surface area contributed by atoms with Crippen LogP contribution in [0.2, 0.25) is 0 Å². The molecule has 2 aliphatic heterocycles. The molecule has 168 valence electrons. The molecular weight excluding hydrogens is 360 g/mol. The number of rotatable bonds is 2. The molecule has 0 bridgehead atoms. The summed E-state index contributed by atoms with van der Waals surface area (Å²) in [5, 5.41) is 3.67. The van der Waals surface area contributed by atoms with E-state index < -0.39 is 5.60 Å². The van der Waals surface area contributed by atoms with Crippen LogP contribution in [0.1, 0.15) is 99.8 Å². The Morgan fingerprint density at radius 2 is 1.52 bits per heavy atom. The van der Waals surface area contributed by atoms with E-state index in [0.29, 0.717) is 22.8 Å². The highest BCUT2D eigenvalue weighted by Crippen LogP contribution is 2.53. The molecule has 0 aromatic rings. The largest absolute Gasteiger partial charge is 0.444 e. The lowest BCUT2D eigenvalue weighted by molar-refractivity contribution is -0.00674. The van der Waals surface area contributed by atoms with E-state index in [2.05, 4.69) is 33.0 Å². The molecule has 4 aliphatic rings. The first-order valence-electron chi connectivity index (χ1n) is 12.1. The van der Waals surface area contributed by atoms with Gasteiger partial charge in [0.1, 0.15) is 5.60 Å².